The lowest BCUT2D eigenvalue weighted by Crippen LogP contribution is -2.23. The predicted molar refractivity (Wildman–Crippen MR) is 56.5 cm³/mol. The number of alkyl halides is 2. The molecule has 0 amide bonds. The fourth-order valence-corrected chi connectivity index (χ4v) is 1.11. The van der Waals surface area contributed by atoms with Crippen LogP contribution in [0.3, 0.4) is 0 Å². The van der Waals surface area contributed by atoms with Crippen LogP contribution < -0.4 is 5.32 Å². The maximum absolute atomic E-state index is 12.2. The lowest BCUT2D eigenvalue weighted by Gasteiger charge is -2.07. The summed E-state index contributed by atoms with van der Waals surface area (Å²) in [6.45, 7) is 2.46. The maximum atomic E-state index is 12.2. The molecule has 15 heavy (non-hydrogen) atoms. The van der Waals surface area contributed by atoms with Crippen molar-refractivity contribution >= 4 is 0 Å². The normalized spacial score (nSPS) is 12.5. The average molecular weight is 209 g/mol. The molecule has 0 saturated carbocycles. The lowest BCUT2D eigenvalue weighted by atomic mass is 10.1. The Balaban J connectivity index is 2.54. The van der Waals surface area contributed by atoms with Gasteiger partial charge in [0.2, 0.25) is 0 Å². The molecule has 1 atom stereocenters. The number of terminal acetylenes is 1. The zero-order chi connectivity index (χ0) is 11.3. The van der Waals surface area contributed by atoms with Crippen LogP contribution in [-0.2, 0) is 6.54 Å². The summed E-state index contributed by atoms with van der Waals surface area (Å²) in [6.07, 6.45) is 2.78. The topological polar surface area (TPSA) is 12.0 Å². The zero-order valence-corrected chi connectivity index (χ0v) is 8.50. The van der Waals surface area contributed by atoms with Crippen LogP contribution >= 0.6 is 0 Å². The largest absolute Gasteiger partial charge is 0.300 e. The van der Waals surface area contributed by atoms with Gasteiger partial charge < -0.3 is 0 Å². The lowest BCUT2D eigenvalue weighted by molar-refractivity contribution is 0.151. The van der Waals surface area contributed by atoms with E-state index in [1.807, 2.05) is 6.92 Å². The molecule has 0 spiro atoms. The Labute approximate surface area is 88.5 Å². The van der Waals surface area contributed by atoms with E-state index >= 15 is 0 Å². The van der Waals surface area contributed by atoms with Crippen molar-refractivity contribution in [2.75, 3.05) is 0 Å². The molecule has 0 aliphatic heterocycles. The van der Waals surface area contributed by atoms with Gasteiger partial charge in [-0.1, -0.05) is 30.2 Å². The first-order valence-corrected chi connectivity index (χ1v) is 4.70. The van der Waals surface area contributed by atoms with Crippen molar-refractivity contribution in [3.05, 3.63) is 35.4 Å². The predicted octanol–water partition coefficient (Wildman–Crippen LogP) is 2.74. The Kier molecular flexibility index (Phi) is 4.26. The van der Waals surface area contributed by atoms with Crippen LogP contribution in [0.1, 0.15) is 24.5 Å². The molecular weight excluding hydrogens is 196 g/mol. The van der Waals surface area contributed by atoms with Gasteiger partial charge in [0.1, 0.15) is 0 Å². The number of rotatable bonds is 4. The summed E-state index contributed by atoms with van der Waals surface area (Å²) in [5.41, 5.74) is 0.991. The van der Waals surface area contributed by atoms with E-state index in [1.165, 1.54) is 12.1 Å². The summed E-state index contributed by atoms with van der Waals surface area (Å²) in [4.78, 5) is 0. The molecule has 1 aromatic carbocycles. The third kappa shape index (κ3) is 3.69. The van der Waals surface area contributed by atoms with Crippen molar-refractivity contribution in [2.24, 2.45) is 0 Å². The van der Waals surface area contributed by atoms with Crippen molar-refractivity contribution in [2.45, 2.75) is 25.9 Å². The van der Waals surface area contributed by atoms with Gasteiger partial charge in [0.05, 0.1) is 6.04 Å². The summed E-state index contributed by atoms with van der Waals surface area (Å²) < 4.78 is 24.5. The highest BCUT2D eigenvalue weighted by molar-refractivity contribution is 5.23. The van der Waals surface area contributed by atoms with Crippen LogP contribution in [0.2, 0.25) is 0 Å². The van der Waals surface area contributed by atoms with Crippen LogP contribution in [0.25, 0.3) is 0 Å². The molecule has 1 aromatic rings. The molecule has 0 aromatic heterocycles. The fraction of sp³-hybridized carbons (Fsp3) is 0.333. The molecule has 80 valence electrons. The number of benzene rings is 1. The van der Waals surface area contributed by atoms with E-state index in [0.29, 0.717) is 6.54 Å². The first kappa shape index (κ1) is 11.7. The highest BCUT2D eigenvalue weighted by Gasteiger charge is 2.05. The van der Waals surface area contributed by atoms with Gasteiger partial charge in [-0.05, 0) is 12.5 Å². The Morgan fingerprint density at radius 3 is 2.40 bits per heavy atom. The van der Waals surface area contributed by atoms with Gasteiger partial charge in [-0.2, -0.15) is 0 Å². The minimum atomic E-state index is -2.41. The van der Waals surface area contributed by atoms with Gasteiger partial charge in [0.25, 0.3) is 6.43 Å². The molecule has 1 unspecified atom stereocenters. The molecule has 1 N–H and O–H groups in total. The average Bonchev–Trinajstić information content (AvgIpc) is 2.26. The van der Waals surface area contributed by atoms with Crippen LogP contribution in [0, 0.1) is 12.3 Å². The summed E-state index contributed by atoms with van der Waals surface area (Å²) >= 11 is 0. The Bertz CT molecular complexity index is 338. The molecule has 0 aliphatic carbocycles. The van der Waals surface area contributed by atoms with Gasteiger partial charge in [0, 0.05) is 12.1 Å². The number of nitrogens with one attached hydrogen (secondary N) is 1. The highest BCUT2D eigenvalue weighted by atomic mass is 19.3. The molecule has 0 heterocycles. The van der Waals surface area contributed by atoms with Gasteiger partial charge in [-0.25, -0.2) is 8.78 Å². The molecule has 1 nitrogen and oxygen atoms in total. The molecule has 0 bridgehead atoms. The SMILES string of the molecule is C#CC(C)NCc1ccc(C(F)F)cc1. The second-order valence-electron chi connectivity index (χ2n) is 3.31. The van der Waals surface area contributed by atoms with Crippen LogP contribution in [0.15, 0.2) is 24.3 Å². The van der Waals surface area contributed by atoms with E-state index < -0.39 is 6.43 Å². The van der Waals surface area contributed by atoms with Gasteiger partial charge in [-0.15, -0.1) is 6.42 Å². The summed E-state index contributed by atoms with van der Waals surface area (Å²) in [5, 5.41) is 3.07. The maximum Gasteiger partial charge on any atom is 0.263 e. The van der Waals surface area contributed by atoms with Gasteiger partial charge >= 0.3 is 0 Å². The second-order valence-corrected chi connectivity index (χ2v) is 3.31. The Morgan fingerprint density at radius 2 is 1.93 bits per heavy atom. The third-order valence-electron chi connectivity index (χ3n) is 2.09. The number of hydrogen-bond acceptors (Lipinski definition) is 1. The van der Waals surface area contributed by atoms with E-state index in [4.69, 9.17) is 6.42 Å². The fourth-order valence-electron chi connectivity index (χ4n) is 1.11. The van der Waals surface area contributed by atoms with Crippen molar-refractivity contribution in [3.63, 3.8) is 0 Å². The summed E-state index contributed by atoms with van der Waals surface area (Å²) in [5.74, 6) is 2.53. The third-order valence-corrected chi connectivity index (χ3v) is 2.09. The highest BCUT2D eigenvalue weighted by Crippen LogP contribution is 2.18. The monoisotopic (exact) mass is 209 g/mol. The van der Waals surface area contributed by atoms with Crippen molar-refractivity contribution in [1.29, 1.82) is 0 Å². The zero-order valence-electron chi connectivity index (χ0n) is 8.50. The van der Waals surface area contributed by atoms with E-state index in [2.05, 4.69) is 11.2 Å². The first-order chi connectivity index (χ1) is 7.13. The summed E-state index contributed by atoms with van der Waals surface area (Å²) in [7, 11) is 0. The van der Waals surface area contributed by atoms with Crippen molar-refractivity contribution < 1.29 is 8.78 Å². The van der Waals surface area contributed by atoms with Gasteiger partial charge in [-0.3, -0.25) is 5.32 Å². The molecule has 0 fully saturated rings. The Morgan fingerprint density at radius 1 is 1.33 bits per heavy atom. The minimum absolute atomic E-state index is 0.0141. The van der Waals surface area contributed by atoms with E-state index in [0.717, 1.165) is 5.56 Å². The summed E-state index contributed by atoms with van der Waals surface area (Å²) in [6, 6.07) is 6.21. The number of halogens is 2. The standard InChI is InChI=1S/C12H13F2N/c1-3-9(2)15-8-10-4-6-11(7-5-10)12(13)14/h1,4-7,9,12,15H,8H2,2H3. The minimum Gasteiger partial charge on any atom is -0.300 e. The van der Waals surface area contributed by atoms with E-state index in [-0.39, 0.29) is 11.6 Å². The van der Waals surface area contributed by atoms with Crippen LogP contribution in [-0.4, -0.2) is 6.04 Å². The van der Waals surface area contributed by atoms with E-state index in [1.54, 1.807) is 12.1 Å². The molecule has 0 radical (unpaired) electrons. The number of hydrogen-bond donors (Lipinski definition) is 1. The smallest absolute Gasteiger partial charge is 0.263 e. The van der Waals surface area contributed by atoms with Gasteiger partial charge in [0.15, 0.2) is 0 Å². The molecule has 3 heteroatoms. The van der Waals surface area contributed by atoms with Crippen molar-refractivity contribution in [1.82, 2.24) is 5.32 Å². The molecular formula is C12H13F2N. The molecule has 1 rings (SSSR count). The quantitative estimate of drug-likeness (QED) is 0.752. The van der Waals surface area contributed by atoms with Crippen molar-refractivity contribution in [3.8, 4) is 12.3 Å². The van der Waals surface area contributed by atoms with Crippen LogP contribution in [0.4, 0.5) is 8.78 Å². The first-order valence-electron chi connectivity index (χ1n) is 4.70. The Hall–Kier alpha value is -1.40. The molecule has 0 aliphatic rings. The second kappa shape index (κ2) is 5.47. The molecule has 0 saturated heterocycles. The van der Waals surface area contributed by atoms with E-state index in [9.17, 15) is 8.78 Å². The van der Waals surface area contributed by atoms with Crippen LogP contribution in [0.5, 0.6) is 0 Å².